The molecular weight excluding hydrogens is 228 g/mol. The molecule has 0 spiro atoms. The third kappa shape index (κ3) is 2.72. The molecule has 0 atom stereocenters. The summed E-state index contributed by atoms with van der Waals surface area (Å²) in [4.78, 5) is 9.15. The third-order valence-corrected chi connectivity index (χ3v) is 3.52. The highest BCUT2D eigenvalue weighted by atomic mass is 16.5. The van der Waals surface area contributed by atoms with Crippen LogP contribution in [0.1, 0.15) is 37.4 Å². The van der Waals surface area contributed by atoms with Gasteiger partial charge in [0.25, 0.3) is 0 Å². The lowest BCUT2D eigenvalue weighted by Gasteiger charge is -2.24. The maximum absolute atomic E-state index is 5.37. The van der Waals surface area contributed by atoms with Crippen molar-refractivity contribution >= 4 is 11.6 Å². The zero-order chi connectivity index (χ0) is 12.4. The molecule has 1 aliphatic heterocycles. The summed E-state index contributed by atoms with van der Waals surface area (Å²) in [6.45, 7) is 1.69. The Hall–Kier alpha value is -1.36. The third-order valence-electron chi connectivity index (χ3n) is 3.52. The van der Waals surface area contributed by atoms with Crippen LogP contribution in [0.5, 0.6) is 0 Å². The molecule has 2 aliphatic rings. The molecule has 0 amide bonds. The van der Waals surface area contributed by atoms with E-state index in [0.29, 0.717) is 12.0 Å². The van der Waals surface area contributed by atoms with Crippen molar-refractivity contribution in [2.24, 2.45) is 0 Å². The molecule has 1 aromatic heterocycles. The van der Waals surface area contributed by atoms with E-state index in [2.05, 4.69) is 20.6 Å². The molecule has 1 saturated heterocycles. The van der Waals surface area contributed by atoms with Crippen molar-refractivity contribution in [1.82, 2.24) is 9.97 Å². The number of nitrogens with one attached hydrogen (secondary N) is 2. The highest BCUT2D eigenvalue weighted by molar-refractivity contribution is 5.48. The molecule has 18 heavy (non-hydrogen) atoms. The number of hydrogen-bond donors (Lipinski definition) is 2. The minimum atomic E-state index is 0.477. The molecule has 0 unspecified atom stereocenters. The first-order valence-corrected chi connectivity index (χ1v) is 6.76. The molecule has 1 saturated carbocycles. The van der Waals surface area contributed by atoms with Crippen molar-refractivity contribution in [2.75, 3.05) is 30.9 Å². The average Bonchev–Trinajstić information content (AvgIpc) is 3.24. The predicted octanol–water partition coefficient (Wildman–Crippen LogP) is 1.99. The summed E-state index contributed by atoms with van der Waals surface area (Å²) >= 11 is 0. The van der Waals surface area contributed by atoms with Gasteiger partial charge in [-0.25, -0.2) is 9.97 Å². The number of rotatable bonds is 4. The quantitative estimate of drug-likeness (QED) is 0.853. The molecule has 1 aromatic rings. The lowest BCUT2D eigenvalue weighted by molar-refractivity contribution is 0.0904. The van der Waals surface area contributed by atoms with Crippen LogP contribution in [-0.4, -0.2) is 36.3 Å². The van der Waals surface area contributed by atoms with Crippen LogP contribution >= 0.6 is 0 Å². The standard InChI is InChI=1S/C13H20N4O/c1-14-11-8-12(15-10-4-6-18-7-5-10)17-13(16-11)9-2-3-9/h8-10H,2-7H2,1H3,(H2,14,15,16,17). The molecule has 3 rings (SSSR count). The first-order chi connectivity index (χ1) is 8.85. The number of nitrogens with zero attached hydrogens (tertiary/aromatic N) is 2. The molecular formula is C13H20N4O. The van der Waals surface area contributed by atoms with Gasteiger partial charge in [0.15, 0.2) is 0 Å². The molecule has 0 bridgehead atoms. The van der Waals surface area contributed by atoms with Crippen molar-refractivity contribution in [3.63, 3.8) is 0 Å². The summed E-state index contributed by atoms with van der Waals surface area (Å²) in [5, 5.41) is 6.62. The van der Waals surface area contributed by atoms with E-state index in [1.54, 1.807) is 0 Å². The zero-order valence-corrected chi connectivity index (χ0v) is 10.8. The highest BCUT2D eigenvalue weighted by Gasteiger charge is 2.27. The molecule has 2 N–H and O–H groups in total. The van der Waals surface area contributed by atoms with E-state index in [1.165, 1.54) is 12.8 Å². The molecule has 5 heteroatoms. The van der Waals surface area contributed by atoms with E-state index >= 15 is 0 Å². The summed E-state index contributed by atoms with van der Waals surface area (Å²) in [5.74, 6) is 3.41. The summed E-state index contributed by atoms with van der Waals surface area (Å²) in [6, 6.07) is 2.46. The number of ether oxygens (including phenoxy) is 1. The Morgan fingerprint density at radius 2 is 1.83 bits per heavy atom. The molecule has 0 radical (unpaired) electrons. The predicted molar refractivity (Wildman–Crippen MR) is 71.0 cm³/mol. The number of aromatic nitrogens is 2. The van der Waals surface area contributed by atoms with Crippen molar-refractivity contribution in [3.05, 3.63) is 11.9 Å². The fourth-order valence-electron chi connectivity index (χ4n) is 2.24. The second-order valence-electron chi connectivity index (χ2n) is 5.05. The Bertz CT molecular complexity index is 413. The fourth-order valence-corrected chi connectivity index (χ4v) is 2.24. The van der Waals surface area contributed by atoms with E-state index in [4.69, 9.17) is 4.74 Å². The van der Waals surface area contributed by atoms with E-state index in [1.807, 2.05) is 13.1 Å². The fraction of sp³-hybridized carbons (Fsp3) is 0.692. The molecule has 98 valence electrons. The van der Waals surface area contributed by atoms with Gasteiger partial charge >= 0.3 is 0 Å². The van der Waals surface area contributed by atoms with E-state index < -0.39 is 0 Å². The Balaban J connectivity index is 1.74. The Kier molecular flexibility index (Phi) is 3.32. The van der Waals surface area contributed by atoms with Gasteiger partial charge in [-0.15, -0.1) is 0 Å². The number of anilines is 2. The van der Waals surface area contributed by atoms with Crippen LogP contribution in [0.25, 0.3) is 0 Å². The Labute approximate surface area is 107 Å². The van der Waals surface area contributed by atoms with Crippen LogP contribution < -0.4 is 10.6 Å². The van der Waals surface area contributed by atoms with Crippen LogP contribution in [0, 0.1) is 0 Å². The first kappa shape index (κ1) is 11.7. The maximum atomic E-state index is 5.37. The minimum absolute atomic E-state index is 0.477. The van der Waals surface area contributed by atoms with Gasteiger partial charge in [-0.05, 0) is 25.7 Å². The van der Waals surface area contributed by atoms with Gasteiger partial charge in [-0.3, -0.25) is 0 Å². The maximum Gasteiger partial charge on any atom is 0.136 e. The monoisotopic (exact) mass is 248 g/mol. The van der Waals surface area contributed by atoms with Gasteiger partial charge in [0.1, 0.15) is 17.5 Å². The van der Waals surface area contributed by atoms with E-state index in [-0.39, 0.29) is 0 Å². The SMILES string of the molecule is CNc1cc(NC2CCOCC2)nc(C2CC2)n1. The van der Waals surface area contributed by atoms with Crippen molar-refractivity contribution in [1.29, 1.82) is 0 Å². The summed E-state index contributed by atoms with van der Waals surface area (Å²) in [5.41, 5.74) is 0. The van der Waals surface area contributed by atoms with E-state index in [0.717, 1.165) is 43.5 Å². The lowest BCUT2D eigenvalue weighted by Crippen LogP contribution is -2.28. The second-order valence-corrected chi connectivity index (χ2v) is 5.05. The van der Waals surface area contributed by atoms with Crippen LogP contribution in [-0.2, 0) is 4.74 Å². The van der Waals surface area contributed by atoms with Crippen LogP contribution in [0.2, 0.25) is 0 Å². The van der Waals surface area contributed by atoms with Crippen molar-refractivity contribution < 1.29 is 4.74 Å². The Morgan fingerprint density at radius 1 is 1.11 bits per heavy atom. The van der Waals surface area contributed by atoms with Gasteiger partial charge in [-0.1, -0.05) is 0 Å². The average molecular weight is 248 g/mol. The smallest absolute Gasteiger partial charge is 0.136 e. The summed E-state index contributed by atoms with van der Waals surface area (Å²) in [6.07, 6.45) is 4.56. The van der Waals surface area contributed by atoms with Gasteiger partial charge < -0.3 is 15.4 Å². The first-order valence-electron chi connectivity index (χ1n) is 6.76. The topological polar surface area (TPSA) is 59.1 Å². The van der Waals surface area contributed by atoms with E-state index in [9.17, 15) is 0 Å². The van der Waals surface area contributed by atoms with Gasteiger partial charge in [0.05, 0.1) is 0 Å². The largest absolute Gasteiger partial charge is 0.381 e. The van der Waals surface area contributed by atoms with Crippen LogP contribution in [0.4, 0.5) is 11.6 Å². The zero-order valence-electron chi connectivity index (χ0n) is 10.8. The Morgan fingerprint density at radius 3 is 2.50 bits per heavy atom. The second kappa shape index (κ2) is 5.10. The van der Waals surface area contributed by atoms with Gasteiger partial charge in [-0.2, -0.15) is 0 Å². The van der Waals surface area contributed by atoms with Gasteiger partial charge in [0.2, 0.25) is 0 Å². The van der Waals surface area contributed by atoms with Crippen LogP contribution in [0.15, 0.2) is 6.07 Å². The minimum Gasteiger partial charge on any atom is -0.381 e. The van der Waals surface area contributed by atoms with Gasteiger partial charge in [0, 0.05) is 38.3 Å². The molecule has 5 nitrogen and oxygen atoms in total. The molecule has 0 aromatic carbocycles. The summed E-state index contributed by atoms with van der Waals surface area (Å²) < 4.78 is 5.37. The summed E-state index contributed by atoms with van der Waals surface area (Å²) in [7, 11) is 1.90. The normalized spacial score (nSPS) is 20.7. The highest BCUT2D eigenvalue weighted by Crippen LogP contribution is 2.38. The van der Waals surface area contributed by atoms with Crippen molar-refractivity contribution in [2.45, 2.75) is 37.6 Å². The molecule has 1 aliphatic carbocycles. The molecule has 2 fully saturated rings. The van der Waals surface area contributed by atoms with Crippen molar-refractivity contribution in [3.8, 4) is 0 Å². The molecule has 2 heterocycles. The number of hydrogen-bond acceptors (Lipinski definition) is 5. The lowest BCUT2D eigenvalue weighted by atomic mass is 10.1. The van der Waals surface area contributed by atoms with Crippen LogP contribution in [0.3, 0.4) is 0 Å².